The summed E-state index contributed by atoms with van der Waals surface area (Å²) >= 11 is 0. The van der Waals surface area contributed by atoms with Crippen LogP contribution in [0.1, 0.15) is 13.8 Å². The van der Waals surface area contributed by atoms with E-state index < -0.39 is 0 Å². The van der Waals surface area contributed by atoms with Crippen molar-refractivity contribution in [1.82, 2.24) is 5.32 Å². The molecule has 1 N–H and O–H groups in total. The Kier molecular flexibility index (Phi) is 15.1. The Morgan fingerprint density at radius 1 is 0.810 bits per heavy atom. The minimum Gasteiger partial charge on any atom is -0.382 e. The van der Waals surface area contributed by atoms with Crippen LogP contribution in [0.5, 0.6) is 0 Å². The molecular weight excluding hydrogens is 278 g/mol. The summed E-state index contributed by atoms with van der Waals surface area (Å²) in [4.78, 5) is 11.2. The van der Waals surface area contributed by atoms with E-state index in [0.717, 1.165) is 0 Å². The van der Waals surface area contributed by atoms with Crippen LogP contribution >= 0.6 is 0 Å². The summed E-state index contributed by atoms with van der Waals surface area (Å²) in [5, 5.41) is 2.74. The number of ether oxygens (including phenoxy) is 5. The number of carbonyl (C=O) groups is 1. The van der Waals surface area contributed by atoms with E-state index in [9.17, 15) is 4.79 Å². The number of amides is 1. The number of carbonyl (C=O) groups excluding carboxylic acids is 1. The maximum Gasteiger partial charge on any atom is 0.246 e. The summed E-state index contributed by atoms with van der Waals surface area (Å²) in [7, 11) is 1.64. The van der Waals surface area contributed by atoms with Crippen LogP contribution in [0.4, 0.5) is 0 Å². The van der Waals surface area contributed by atoms with Gasteiger partial charge in [0.25, 0.3) is 0 Å². The van der Waals surface area contributed by atoms with Gasteiger partial charge in [-0.3, -0.25) is 4.79 Å². The highest BCUT2D eigenvalue weighted by atomic mass is 16.6. The minimum atomic E-state index is -0.109. The van der Waals surface area contributed by atoms with Crippen molar-refractivity contribution in [2.24, 2.45) is 0 Å². The van der Waals surface area contributed by atoms with Crippen LogP contribution in [-0.4, -0.2) is 78.5 Å². The number of methoxy groups -OCH3 is 1. The Hall–Kier alpha value is -0.730. The van der Waals surface area contributed by atoms with E-state index in [-0.39, 0.29) is 18.6 Å². The first-order valence-corrected chi connectivity index (χ1v) is 7.26. The number of rotatable bonds is 15. The van der Waals surface area contributed by atoms with Gasteiger partial charge in [-0.2, -0.15) is 0 Å². The molecule has 7 heteroatoms. The van der Waals surface area contributed by atoms with E-state index >= 15 is 0 Å². The third kappa shape index (κ3) is 17.2. The SMILES string of the molecule is COCCOCCOCCOCCOCC(=O)NC(C)C. The zero-order chi connectivity index (χ0) is 15.8. The molecule has 0 aliphatic rings. The van der Waals surface area contributed by atoms with Gasteiger partial charge in [0.2, 0.25) is 5.91 Å². The minimum absolute atomic E-state index is 0.0663. The van der Waals surface area contributed by atoms with E-state index in [0.29, 0.717) is 52.9 Å². The van der Waals surface area contributed by atoms with Gasteiger partial charge in [-0.15, -0.1) is 0 Å². The van der Waals surface area contributed by atoms with Gasteiger partial charge in [-0.25, -0.2) is 0 Å². The molecule has 0 aliphatic heterocycles. The second-order valence-electron chi connectivity index (χ2n) is 4.60. The van der Waals surface area contributed by atoms with Crippen LogP contribution < -0.4 is 5.32 Å². The van der Waals surface area contributed by atoms with Crippen molar-refractivity contribution in [3.05, 3.63) is 0 Å². The topological polar surface area (TPSA) is 75.2 Å². The zero-order valence-corrected chi connectivity index (χ0v) is 13.4. The molecule has 0 saturated carbocycles. The predicted octanol–water partition coefficient (Wildman–Crippen LogP) is 0.224. The second kappa shape index (κ2) is 15.7. The quantitative estimate of drug-likeness (QED) is 0.436. The fourth-order valence-electron chi connectivity index (χ4n) is 1.33. The third-order valence-electron chi connectivity index (χ3n) is 2.23. The summed E-state index contributed by atoms with van der Waals surface area (Å²) < 4.78 is 25.9. The molecule has 0 aromatic heterocycles. The normalized spacial score (nSPS) is 11.0. The van der Waals surface area contributed by atoms with Crippen molar-refractivity contribution in [2.45, 2.75) is 19.9 Å². The van der Waals surface area contributed by atoms with E-state index in [2.05, 4.69) is 5.32 Å². The Balaban J connectivity index is 3.07. The molecule has 0 radical (unpaired) electrons. The Morgan fingerprint density at radius 3 is 1.67 bits per heavy atom. The molecule has 0 saturated heterocycles. The first-order chi connectivity index (χ1) is 10.2. The average Bonchev–Trinajstić information content (AvgIpc) is 2.43. The fourth-order valence-corrected chi connectivity index (χ4v) is 1.33. The number of hydrogen-bond donors (Lipinski definition) is 1. The molecular formula is C14H29NO6. The van der Waals surface area contributed by atoms with E-state index in [1.54, 1.807) is 7.11 Å². The molecule has 0 unspecified atom stereocenters. The Morgan fingerprint density at radius 2 is 1.24 bits per heavy atom. The Labute approximate surface area is 127 Å². The largest absolute Gasteiger partial charge is 0.382 e. The molecule has 7 nitrogen and oxygen atoms in total. The summed E-state index contributed by atoms with van der Waals surface area (Å²) in [6, 6.07) is 0.132. The lowest BCUT2D eigenvalue weighted by Gasteiger charge is -2.09. The van der Waals surface area contributed by atoms with Crippen LogP contribution in [0.25, 0.3) is 0 Å². The van der Waals surface area contributed by atoms with Gasteiger partial charge in [0, 0.05) is 13.2 Å². The summed E-state index contributed by atoms with van der Waals surface area (Å²) in [5.74, 6) is -0.109. The lowest BCUT2D eigenvalue weighted by molar-refractivity contribution is -0.126. The maximum absolute atomic E-state index is 11.2. The van der Waals surface area contributed by atoms with E-state index in [1.165, 1.54) is 0 Å². The van der Waals surface area contributed by atoms with Crippen molar-refractivity contribution in [3.63, 3.8) is 0 Å². The molecule has 0 spiro atoms. The molecule has 0 bridgehead atoms. The molecule has 0 rings (SSSR count). The van der Waals surface area contributed by atoms with Gasteiger partial charge in [-0.05, 0) is 13.8 Å². The van der Waals surface area contributed by atoms with Crippen LogP contribution in [-0.2, 0) is 28.5 Å². The molecule has 0 heterocycles. The smallest absolute Gasteiger partial charge is 0.246 e. The van der Waals surface area contributed by atoms with Crippen molar-refractivity contribution in [2.75, 3.05) is 66.6 Å². The van der Waals surface area contributed by atoms with E-state index in [1.807, 2.05) is 13.8 Å². The first-order valence-electron chi connectivity index (χ1n) is 7.26. The lowest BCUT2D eigenvalue weighted by Crippen LogP contribution is -2.33. The predicted molar refractivity (Wildman–Crippen MR) is 78.4 cm³/mol. The second-order valence-corrected chi connectivity index (χ2v) is 4.60. The van der Waals surface area contributed by atoms with E-state index in [4.69, 9.17) is 23.7 Å². The van der Waals surface area contributed by atoms with Crippen LogP contribution in [0, 0.1) is 0 Å². The van der Waals surface area contributed by atoms with Gasteiger partial charge in [0.15, 0.2) is 0 Å². The maximum atomic E-state index is 11.2. The highest BCUT2D eigenvalue weighted by Gasteiger charge is 2.02. The van der Waals surface area contributed by atoms with Crippen molar-refractivity contribution in [3.8, 4) is 0 Å². The average molecular weight is 307 g/mol. The van der Waals surface area contributed by atoms with Crippen LogP contribution in [0.2, 0.25) is 0 Å². The molecule has 0 fully saturated rings. The molecule has 126 valence electrons. The van der Waals surface area contributed by atoms with Gasteiger partial charge in [-0.1, -0.05) is 0 Å². The van der Waals surface area contributed by atoms with Gasteiger partial charge in [0.1, 0.15) is 6.61 Å². The molecule has 21 heavy (non-hydrogen) atoms. The molecule has 0 aliphatic carbocycles. The van der Waals surface area contributed by atoms with Gasteiger partial charge < -0.3 is 29.0 Å². The fraction of sp³-hybridized carbons (Fsp3) is 0.929. The summed E-state index contributed by atoms with van der Waals surface area (Å²) in [6.45, 7) is 8.01. The first kappa shape index (κ1) is 20.3. The highest BCUT2D eigenvalue weighted by molar-refractivity contribution is 5.77. The third-order valence-corrected chi connectivity index (χ3v) is 2.23. The molecule has 0 aromatic carbocycles. The van der Waals surface area contributed by atoms with Gasteiger partial charge in [0.05, 0.1) is 52.9 Å². The molecule has 1 amide bonds. The molecule has 0 aromatic rings. The van der Waals surface area contributed by atoms with Gasteiger partial charge >= 0.3 is 0 Å². The van der Waals surface area contributed by atoms with Crippen molar-refractivity contribution < 1.29 is 28.5 Å². The summed E-state index contributed by atoms with van der Waals surface area (Å²) in [6.07, 6.45) is 0. The standard InChI is InChI=1S/C14H29NO6/c1-13(2)15-14(16)12-21-11-10-20-9-8-19-7-6-18-5-4-17-3/h13H,4-12H2,1-3H3,(H,15,16). The summed E-state index contributed by atoms with van der Waals surface area (Å²) in [5.41, 5.74) is 0. The number of hydrogen-bond acceptors (Lipinski definition) is 6. The van der Waals surface area contributed by atoms with Crippen LogP contribution in [0.15, 0.2) is 0 Å². The zero-order valence-electron chi connectivity index (χ0n) is 13.4. The number of nitrogens with one attached hydrogen (secondary N) is 1. The molecule has 0 atom stereocenters. The highest BCUT2D eigenvalue weighted by Crippen LogP contribution is 1.84. The lowest BCUT2D eigenvalue weighted by atomic mass is 10.4. The van der Waals surface area contributed by atoms with Crippen LogP contribution in [0.3, 0.4) is 0 Å². The van der Waals surface area contributed by atoms with Crippen molar-refractivity contribution in [1.29, 1.82) is 0 Å². The van der Waals surface area contributed by atoms with Crippen molar-refractivity contribution >= 4 is 5.91 Å². The monoisotopic (exact) mass is 307 g/mol. The Bertz CT molecular complexity index is 238.